The van der Waals surface area contributed by atoms with Crippen LogP contribution in [0.5, 0.6) is 0 Å². The molecule has 3 amide bonds. The number of para-hydroxylation sites is 1. The summed E-state index contributed by atoms with van der Waals surface area (Å²) in [5.41, 5.74) is 0.464. The van der Waals surface area contributed by atoms with Crippen LogP contribution in [0.25, 0.3) is 0 Å². The number of nitrogens with zero attached hydrogens (tertiary/aromatic N) is 1. The first kappa shape index (κ1) is 20.0. The van der Waals surface area contributed by atoms with E-state index >= 15 is 0 Å². The van der Waals surface area contributed by atoms with Crippen molar-refractivity contribution in [3.63, 3.8) is 0 Å². The molecule has 1 aliphatic carbocycles. The first-order valence-corrected chi connectivity index (χ1v) is 9.16. The van der Waals surface area contributed by atoms with Gasteiger partial charge in [0.2, 0.25) is 5.91 Å². The van der Waals surface area contributed by atoms with E-state index in [1.807, 2.05) is 0 Å². The van der Waals surface area contributed by atoms with Crippen LogP contribution in [0.3, 0.4) is 0 Å². The monoisotopic (exact) mass is 396 g/mol. The molecule has 0 heterocycles. The highest BCUT2D eigenvalue weighted by atomic mass is 16.6. The minimum Gasteiger partial charge on any atom is -0.354 e. The lowest BCUT2D eigenvalue weighted by Gasteiger charge is -2.08. The molecule has 3 N–H and O–H groups in total. The van der Waals surface area contributed by atoms with E-state index in [1.54, 1.807) is 6.07 Å². The molecule has 3 rings (SSSR count). The Morgan fingerprint density at radius 2 is 1.59 bits per heavy atom. The molecule has 2 aromatic carbocycles. The molecule has 9 nitrogen and oxygen atoms in total. The normalized spacial score (nSPS) is 12.7. The van der Waals surface area contributed by atoms with Gasteiger partial charge < -0.3 is 16.0 Å². The van der Waals surface area contributed by atoms with Gasteiger partial charge in [-0.2, -0.15) is 0 Å². The molecular weight excluding hydrogens is 376 g/mol. The van der Waals surface area contributed by atoms with Crippen molar-refractivity contribution in [3.8, 4) is 0 Å². The maximum Gasteiger partial charge on any atom is 0.282 e. The number of nitro groups is 1. The average Bonchev–Trinajstić information content (AvgIpc) is 3.57. The fraction of sp³-hybridized carbons (Fsp3) is 0.250. The number of carbonyl (C=O) groups is 3. The van der Waals surface area contributed by atoms with E-state index in [1.165, 1.54) is 42.5 Å². The summed E-state index contributed by atoms with van der Waals surface area (Å²) < 4.78 is 0. The van der Waals surface area contributed by atoms with Crippen molar-refractivity contribution in [2.45, 2.75) is 12.8 Å². The van der Waals surface area contributed by atoms with Crippen molar-refractivity contribution in [3.05, 3.63) is 69.8 Å². The van der Waals surface area contributed by atoms with Gasteiger partial charge in [0, 0.05) is 36.3 Å². The van der Waals surface area contributed by atoms with Crippen LogP contribution >= 0.6 is 0 Å². The quantitative estimate of drug-likeness (QED) is 0.357. The number of hydrogen-bond acceptors (Lipinski definition) is 5. The fourth-order valence-electron chi connectivity index (χ4n) is 2.68. The molecule has 0 atom stereocenters. The Labute approximate surface area is 166 Å². The maximum atomic E-state index is 12.3. The topological polar surface area (TPSA) is 130 Å². The standard InChI is InChI=1S/C20H20N4O5/c25-18(13-5-6-13)21-11-12-22-19(26)14-7-9-15(10-8-14)23-20(27)16-3-1-2-4-17(16)24(28)29/h1-4,7-10,13H,5-6,11-12H2,(H,21,25)(H,22,26)(H,23,27). The first-order valence-electron chi connectivity index (χ1n) is 9.16. The van der Waals surface area contributed by atoms with E-state index in [0.717, 1.165) is 12.8 Å². The molecule has 1 fully saturated rings. The van der Waals surface area contributed by atoms with E-state index in [4.69, 9.17) is 0 Å². The van der Waals surface area contributed by atoms with Crippen LogP contribution in [0.2, 0.25) is 0 Å². The molecule has 0 radical (unpaired) electrons. The number of carbonyl (C=O) groups excluding carboxylic acids is 3. The van der Waals surface area contributed by atoms with Crippen LogP contribution in [-0.2, 0) is 4.79 Å². The zero-order valence-corrected chi connectivity index (χ0v) is 15.5. The molecule has 150 valence electrons. The third-order valence-corrected chi connectivity index (χ3v) is 4.41. The minimum absolute atomic E-state index is 0.0259. The predicted octanol–water partition coefficient (Wildman–Crippen LogP) is 2.10. The van der Waals surface area contributed by atoms with Crippen LogP contribution in [0.15, 0.2) is 48.5 Å². The number of nitro benzene ring substituents is 1. The van der Waals surface area contributed by atoms with Crippen molar-refractivity contribution in [1.82, 2.24) is 10.6 Å². The van der Waals surface area contributed by atoms with Crippen molar-refractivity contribution in [2.75, 3.05) is 18.4 Å². The summed E-state index contributed by atoms with van der Waals surface area (Å²) in [6, 6.07) is 11.8. The smallest absolute Gasteiger partial charge is 0.282 e. The lowest BCUT2D eigenvalue weighted by molar-refractivity contribution is -0.385. The molecule has 0 unspecified atom stereocenters. The average molecular weight is 396 g/mol. The highest BCUT2D eigenvalue weighted by Crippen LogP contribution is 2.28. The van der Waals surface area contributed by atoms with Gasteiger partial charge in [-0.1, -0.05) is 12.1 Å². The third kappa shape index (κ3) is 5.38. The number of nitrogens with one attached hydrogen (secondary N) is 3. The van der Waals surface area contributed by atoms with Gasteiger partial charge >= 0.3 is 0 Å². The van der Waals surface area contributed by atoms with Crippen LogP contribution < -0.4 is 16.0 Å². The Hall–Kier alpha value is -3.75. The van der Waals surface area contributed by atoms with Gasteiger partial charge in [-0.3, -0.25) is 24.5 Å². The molecule has 0 aromatic heterocycles. The number of hydrogen-bond donors (Lipinski definition) is 3. The van der Waals surface area contributed by atoms with E-state index in [0.29, 0.717) is 24.3 Å². The summed E-state index contributed by atoms with van der Waals surface area (Å²) in [6.45, 7) is 0.679. The van der Waals surface area contributed by atoms with E-state index in [-0.39, 0.29) is 29.0 Å². The second-order valence-electron chi connectivity index (χ2n) is 6.63. The molecule has 29 heavy (non-hydrogen) atoms. The van der Waals surface area contributed by atoms with Crippen LogP contribution in [0, 0.1) is 16.0 Å². The molecule has 9 heteroatoms. The van der Waals surface area contributed by atoms with Gasteiger partial charge in [0.15, 0.2) is 0 Å². The van der Waals surface area contributed by atoms with Crippen LogP contribution in [0.4, 0.5) is 11.4 Å². The van der Waals surface area contributed by atoms with Gasteiger partial charge in [-0.15, -0.1) is 0 Å². The maximum absolute atomic E-state index is 12.3. The van der Waals surface area contributed by atoms with E-state index in [9.17, 15) is 24.5 Å². The molecule has 0 bridgehead atoms. The van der Waals surface area contributed by atoms with Crippen LogP contribution in [0.1, 0.15) is 33.6 Å². The van der Waals surface area contributed by atoms with Crippen molar-refractivity contribution >= 4 is 29.1 Å². The van der Waals surface area contributed by atoms with Crippen molar-refractivity contribution in [1.29, 1.82) is 0 Å². The van der Waals surface area contributed by atoms with Gasteiger partial charge in [0.25, 0.3) is 17.5 Å². The number of anilines is 1. The Morgan fingerprint density at radius 3 is 2.24 bits per heavy atom. The Morgan fingerprint density at radius 1 is 0.931 bits per heavy atom. The molecular formula is C20H20N4O5. The lowest BCUT2D eigenvalue weighted by Crippen LogP contribution is -2.35. The van der Waals surface area contributed by atoms with Crippen molar-refractivity contribution < 1.29 is 19.3 Å². The second-order valence-corrected chi connectivity index (χ2v) is 6.63. The Bertz CT molecular complexity index is 938. The highest BCUT2D eigenvalue weighted by Gasteiger charge is 2.29. The summed E-state index contributed by atoms with van der Waals surface area (Å²) in [5, 5.41) is 19.1. The van der Waals surface area contributed by atoms with Gasteiger partial charge in [-0.25, -0.2) is 0 Å². The first-order chi connectivity index (χ1) is 14.0. The van der Waals surface area contributed by atoms with Gasteiger partial charge in [0.1, 0.15) is 5.56 Å². The van der Waals surface area contributed by atoms with Gasteiger partial charge in [0.05, 0.1) is 4.92 Å². The fourth-order valence-corrected chi connectivity index (χ4v) is 2.68. The SMILES string of the molecule is O=C(NCCNC(=O)C1CC1)c1ccc(NC(=O)c2ccccc2[N+](=O)[O-])cc1. The molecule has 1 aliphatic rings. The van der Waals surface area contributed by atoms with E-state index in [2.05, 4.69) is 16.0 Å². The highest BCUT2D eigenvalue weighted by molar-refractivity contribution is 6.07. The minimum atomic E-state index is -0.616. The largest absolute Gasteiger partial charge is 0.354 e. The molecule has 2 aromatic rings. The van der Waals surface area contributed by atoms with E-state index < -0.39 is 10.8 Å². The molecule has 0 saturated heterocycles. The Kier molecular flexibility index (Phi) is 6.18. The Balaban J connectivity index is 1.51. The predicted molar refractivity (Wildman–Crippen MR) is 106 cm³/mol. The van der Waals surface area contributed by atoms with Crippen molar-refractivity contribution in [2.24, 2.45) is 5.92 Å². The number of amides is 3. The molecule has 0 spiro atoms. The summed E-state index contributed by atoms with van der Waals surface area (Å²) in [7, 11) is 0. The zero-order chi connectivity index (χ0) is 20.8. The number of rotatable bonds is 8. The third-order valence-electron chi connectivity index (χ3n) is 4.41. The summed E-state index contributed by atoms with van der Waals surface area (Å²) >= 11 is 0. The summed E-state index contributed by atoms with van der Waals surface area (Å²) in [5.74, 6) is -0.757. The van der Waals surface area contributed by atoms with Crippen LogP contribution in [-0.4, -0.2) is 35.7 Å². The molecule has 1 saturated carbocycles. The summed E-state index contributed by atoms with van der Waals surface area (Å²) in [6.07, 6.45) is 1.86. The summed E-state index contributed by atoms with van der Waals surface area (Å²) in [4.78, 5) is 46.4. The second kappa shape index (κ2) is 8.96. The van der Waals surface area contributed by atoms with Gasteiger partial charge in [-0.05, 0) is 43.2 Å². The number of benzene rings is 2. The zero-order valence-electron chi connectivity index (χ0n) is 15.5. The molecule has 0 aliphatic heterocycles. The lowest BCUT2D eigenvalue weighted by atomic mass is 10.1.